The first-order valence-electron chi connectivity index (χ1n) is 19.3. The van der Waals surface area contributed by atoms with Gasteiger partial charge in [-0.25, -0.2) is 0 Å². The van der Waals surface area contributed by atoms with E-state index in [-0.39, 0.29) is 44.3 Å². The Morgan fingerprint density at radius 2 is 1.80 bits per heavy atom. The summed E-state index contributed by atoms with van der Waals surface area (Å²) < 4.78 is 38.9. The van der Waals surface area contributed by atoms with Crippen LogP contribution in [0, 0.1) is 30.6 Å². The molecule has 3 aliphatic heterocycles. The molecule has 4 rings (SSSR count). The van der Waals surface area contributed by atoms with Crippen molar-refractivity contribution in [3.63, 3.8) is 0 Å². The summed E-state index contributed by atoms with van der Waals surface area (Å²) in [4.78, 5) is 40.6. The molecule has 304 valence electrons. The Morgan fingerprint density at radius 1 is 1.09 bits per heavy atom. The SMILES string of the molecule is C=C1[C@H](C)C[C@@]2(C)OCC(=NOCc3ccc(C)cn3)CO[C@H]([C@H]1C)[C@](C)(O)[C@@H](CC)OC(=O)C(C)C(=O)[C@H](C)[C@H]2O[C@@H]1O[C@H](C)C[C@H](N(C)C)[C@H]1OC. The van der Waals surface area contributed by atoms with Crippen molar-refractivity contribution in [1.29, 1.82) is 0 Å². The van der Waals surface area contributed by atoms with E-state index in [1.54, 1.807) is 27.2 Å². The predicted molar refractivity (Wildman–Crippen MR) is 204 cm³/mol. The van der Waals surface area contributed by atoms with Crippen LogP contribution in [-0.2, 0) is 49.5 Å². The average molecular weight is 760 g/mol. The number of rotatable bonds is 8. The molecule has 0 spiro atoms. The number of nitrogens with zero attached hydrogens (tertiary/aromatic N) is 3. The first-order valence-corrected chi connectivity index (χ1v) is 19.3. The van der Waals surface area contributed by atoms with Crippen LogP contribution in [0.15, 0.2) is 35.6 Å². The van der Waals surface area contributed by atoms with Gasteiger partial charge in [0.15, 0.2) is 18.7 Å². The van der Waals surface area contributed by atoms with Crippen molar-refractivity contribution in [2.24, 2.45) is 28.8 Å². The quantitative estimate of drug-likeness (QED) is 0.164. The Hall–Kier alpha value is -2.78. The van der Waals surface area contributed by atoms with E-state index in [1.165, 1.54) is 6.92 Å². The number of Topliss-reactive ketones (excluding diaryl/α,β-unsaturated/α-hetero) is 1. The Bertz CT molecular complexity index is 1470. The molecule has 0 amide bonds. The van der Waals surface area contributed by atoms with E-state index in [0.29, 0.717) is 17.8 Å². The fourth-order valence-corrected chi connectivity index (χ4v) is 8.30. The van der Waals surface area contributed by atoms with E-state index in [9.17, 15) is 14.7 Å². The highest BCUT2D eigenvalue weighted by molar-refractivity contribution is 6.00. The minimum atomic E-state index is -1.68. The number of cyclic esters (lactones) is 1. The highest BCUT2D eigenvalue weighted by Gasteiger charge is 2.52. The zero-order chi connectivity index (χ0) is 40.1. The van der Waals surface area contributed by atoms with Gasteiger partial charge in [-0.1, -0.05) is 51.1 Å². The number of hydrogen-bond donors (Lipinski definition) is 1. The molecule has 3 aliphatic rings. The van der Waals surface area contributed by atoms with Crippen LogP contribution in [0.3, 0.4) is 0 Å². The number of aromatic nitrogens is 1. The fourth-order valence-electron chi connectivity index (χ4n) is 8.30. The summed E-state index contributed by atoms with van der Waals surface area (Å²) in [7, 11) is 5.61. The van der Waals surface area contributed by atoms with Crippen molar-refractivity contribution >= 4 is 17.5 Å². The summed E-state index contributed by atoms with van der Waals surface area (Å²) in [5.41, 5.74) is 0.0515. The van der Waals surface area contributed by atoms with Crippen LogP contribution in [0.1, 0.15) is 85.9 Å². The normalized spacial score (nSPS) is 39.8. The van der Waals surface area contributed by atoms with Gasteiger partial charge in [0.05, 0.1) is 42.8 Å². The monoisotopic (exact) mass is 759 g/mol. The molecule has 1 aromatic heterocycles. The van der Waals surface area contributed by atoms with E-state index < -0.39 is 71.4 Å². The summed E-state index contributed by atoms with van der Waals surface area (Å²) in [5.74, 6) is -3.80. The molecule has 4 heterocycles. The minimum Gasteiger partial charge on any atom is -0.459 e. The second kappa shape index (κ2) is 18.4. The molecule has 1 unspecified atom stereocenters. The Kier molecular flexibility index (Phi) is 15.0. The highest BCUT2D eigenvalue weighted by atomic mass is 16.7. The van der Waals surface area contributed by atoms with Gasteiger partial charge >= 0.3 is 5.97 Å². The lowest BCUT2D eigenvalue weighted by atomic mass is 9.73. The van der Waals surface area contributed by atoms with Gasteiger partial charge in [0.1, 0.15) is 29.4 Å². The number of ketones is 1. The van der Waals surface area contributed by atoms with Gasteiger partial charge < -0.3 is 43.3 Å². The first-order chi connectivity index (χ1) is 25.3. The maximum Gasteiger partial charge on any atom is 0.316 e. The number of likely N-dealkylation sites (N-methyl/N-ethyl adjacent to an activating group) is 1. The van der Waals surface area contributed by atoms with E-state index in [0.717, 1.165) is 17.6 Å². The number of oxime groups is 1. The predicted octanol–water partition coefficient (Wildman–Crippen LogP) is 5.05. The van der Waals surface area contributed by atoms with Gasteiger partial charge in [0.2, 0.25) is 0 Å². The van der Waals surface area contributed by atoms with Crippen LogP contribution in [0.4, 0.5) is 0 Å². The summed E-state index contributed by atoms with van der Waals surface area (Å²) in [6, 6.07) is 3.79. The zero-order valence-corrected chi connectivity index (χ0v) is 34.5. The van der Waals surface area contributed by atoms with Gasteiger partial charge in [0.25, 0.3) is 0 Å². The summed E-state index contributed by atoms with van der Waals surface area (Å²) in [6.07, 6.45) is -1.24. The average Bonchev–Trinajstić information content (AvgIpc) is 3.14. The highest BCUT2D eigenvalue weighted by Crippen LogP contribution is 2.42. The second-order valence-electron chi connectivity index (χ2n) is 16.4. The molecular formula is C41H65N3O10. The number of carbonyl (C=O) groups is 2. The molecule has 54 heavy (non-hydrogen) atoms. The van der Waals surface area contributed by atoms with Gasteiger partial charge in [-0.3, -0.25) is 14.6 Å². The fraction of sp³-hybridized carbons (Fsp3) is 0.756. The van der Waals surface area contributed by atoms with Crippen LogP contribution in [0.25, 0.3) is 0 Å². The molecule has 0 radical (unpaired) electrons. The van der Waals surface area contributed by atoms with Gasteiger partial charge in [-0.05, 0) is 85.5 Å². The molecule has 2 bridgehead atoms. The van der Waals surface area contributed by atoms with Crippen LogP contribution in [0.5, 0.6) is 0 Å². The van der Waals surface area contributed by atoms with Crippen molar-refractivity contribution in [2.75, 3.05) is 34.4 Å². The number of ether oxygens (including phenoxy) is 6. The molecule has 13 nitrogen and oxygen atoms in total. The van der Waals surface area contributed by atoms with Gasteiger partial charge in [-0.15, -0.1) is 0 Å². The van der Waals surface area contributed by atoms with E-state index in [1.807, 2.05) is 67.8 Å². The smallest absolute Gasteiger partial charge is 0.316 e. The number of aryl methyl sites for hydroxylation is 1. The lowest BCUT2D eigenvalue weighted by Gasteiger charge is -2.48. The summed E-state index contributed by atoms with van der Waals surface area (Å²) >= 11 is 0. The number of hydrogen-bond acceptors (Lipinski definition) is 13. The number of pyridine rings is 1. The Labute approximate surface area is 322 Å². The van der Waals surface area contributed by atoms with E-state index in [2.05, 4.69) is 21.6 Å². The molecular weight excluding hydrogens is 694 g/mol. The van der Waals surface area contributed by atoms with Crippen molar-refractivity contribution in [3.05, 3.63) is 41.7 Å². The summed E-state index contributed by atoms with van der Waals surface area (Å²) in [6.45, 7) is 21.1. The van der Waals surface area contributed by atoms with E-state index in [4.69, 9.17) is 33.3 Å². The first kappa shape index (κ1) is 43.9. The second-order valence-corrected chi connectivity index (χ2v) is 16.4. The molecule has 1 aromatic rings. The molecule has 0 saturated carbocycles. The van der Waals surface area contributed by atoms with Crippen LogP contribution >= 0.6 is 0 Å². The molecule has 1 N–H and O–H groups in total. The standard InChI is InChI=1S/C41H65N3O10/c1-14-33-41(10,47)37-27(6)26(5)24(3)18-40(9,50-21-31(20-49-37)43-51-22-30-16-15-23(2)19-42-30)36(28(7)34(45)29(8)38(46)53-33)54-39-35(48-13)32(44(11)12)17-25(4)52-39/h15-16,19,24-25,27-29,32-33,35-37,39,47H,5,14,17-18,20-22H2,1-4,6-13H3/t24-,25-,27+,28+,29?,32+,33-,35-,36-,37-,39+,40-,41-/m1/s1. The van der Waals surface area contributed by atoms with Crippen molar-refractivity contribution in [2.45, 2.75) is 142 Å². The molecule has 13 heteroatoms. The van der Waals surface area contributed by atoms with Crippen molar-refractivity contribution in [1.82, 2.24) is 9.88 Å². The molecule has 3 fully saturated rings. The Balaban J connectivity index is 1.87. The lowest BCUT2D eigenvalue weighted by molar-refractivity contribution is -0.300. The molecule has 0 aliphatic carbocycles. The number of esters is 1. The Morgan fingerprint density at radius 3 is 2.41 bits per heavy atom. The van der Waals surface area contributed by atoms with Crippen molar-refractivity contribution in [3.8, 4) is 0 Å². The van der Waals surface area contributed by atoms with Crippen molar-refractivity contribution < 1.29 is 48.0 Å². The number of methoxy groups -OCH3 is 1. The number of carbonyl (C=O) groups excluding carboxylic acids is 2. The zero-order valence-electron chi connectivity index (χ0n) is 34.5. The summed E-state index contributed by atoms with van der Waals surface area (Å²) in [5, 5.41) is 16.7. The lowest BCUT2D eigenvalue weighted by Crippen LogP contribution is -2.60. The van der Waals surface area contributed by atoms with E-state index >= 15 is 0 Å². The third-order valence-electron chi connectivity index (χ3n) is 11.7. The third kappa shape index (κ3) is 9.96. The topological polar surface area (TPSA) is 147 Å². The number of aliphatic hydroxyl groups is 1. The largest absolute Gasteiger partial charge is 0.459 e. The van der Waals surface area contributed by atoms with Crippen LogP contribution < -0.4 is 0 Å². The molecule has 13 atom stereocenters. The number of fused-ring (bicyclic) bond motifs is 5. The maximum atomic E-state index is 14.4. The van der Waals surface area contributed by atoms with Gasteiger partial charge in [-0.2, -0.15) is 0 Å². The van der Waals surface area contributed by atoms with Crippen LogP contribution in [-0.4, -0.2) is 121 Å². The molecule has 3 saturated heterocycles. The van der Waals surface area contributed by atoms with Gasteiger partial charge in [0, 0.05) is 31.2 Å². The third-order valence-corrected chi connectivity index (χ3v) is 11.7. The molecule has 0 aromatic carbocycles. The minimum absolute atomic E-state index is 0.0326. The van der Waals surface area contributed by atoms with Crippen LogP contribution in [0.2, 0.25) is 0 Å². The maximum absolute atomic E-state index is 14.4.